The minimum absolute atomic E-state index is 0.217. The van der Waals surface area contributed by atoms with Gasteiger partial charge in [0.05, 0.1) is 0 Å². The summed E-state index contributed by atoms with van der Waals surface area (Å²) in [4.78, 5) is 23.2. The van der Waals surface area contributed by atoms with E-state index in [2.05, 4.69) is 34.0 Å². The van der Waals surface area contributed by atoms with Crippen LogP contribution in [0.3, 0.4) is 0 Å². The average Bonchev–Trinajstić information content (AvgIpc) is 2.57. The first kappa shape index (κ1) is 16.9. The number of carbonyl (C=O) groups is 1. The van der Waals surface area contributed by atoms with Crippen LogP contribution in [-0.2, 0) is 0 Å². The average molecular weight is 312 g/mol. The number of amides is 1. The molecule has 1 amide bonds. The zero-order chi connectivity index (χ0) is 16.7. The highest BCUT2D eigenvalue weighted by Crippen LogP contribution is 2.12. The first-order valence-electron chi connectivity index (χ1n) is 8.10. The summed E-state index contributed by atoms with van der Waals surface area (Å²) >= 11 is 0. The van der Waals surface area contributed by atoms with E-state index >= 15 is 0 Å². The summed E-state index contributed by atoms with van der Waals surface area (Å²) in [5.41, 5.74) is 2.30. The third-order valence-corrected chi connectivity index (χ3v) is 3.45. The summed E-state index contributed by atoms with van der Waals surface area (Å²) in [5, 5.41) is 2.87. The molecule has 1 aromatic heterocycles. The van der Waals surface area contributed by atoms with Gasteiger partial charge in [-0.3, -0.25) is 4.79 Å². The van der Waals surface area contributed by atoms with Crippen molar-refractivity contribution in [1.29, 1.82) is 0 Å². The number of aryl methyl sites for hydroxylation is 1. The molecule has 2 rings (SSSR count). The van der Waals surface area contributed by atoms with Crippen LogP contribution in [0.4, 0.5) is 11.6 Å². The second-order valence-electron chi connectivity index (χ2n) is 5.55. The molecule has 0 aliphatic heterocycles. The van der Waals surface area contributed by atoms with E-state index in [0.717, 1.165) is 37.2 Å². The Hall–Kier alpha value is -2.43. The van der Waals surface area contributed by atoms with E-state index in [0.29, 0.717) is 11.6 Å². The van der Waals surface area contributed by atoms with Gasteiger partial charge in [-0.05, 0) is 38.0 Å². The van der Waals surface area contributed by atoms with Crippen molar-refractivity contribution >= 4 is 17.5 Å². The number of nitrogens with one attached hydrogen (secondary N) is 1. The van der Waals surface area contributed by atoms with Crippen molar-refractivity contribution in [3.8, 4) is 0 Å². The molecule has 0 saturated heterocycles. The number of nitrogens with zero attached hydrogens (tertiary/aromatic N) is 3. The van der Waals surface area contributed by atoms with Gasteiger partial charge in [-0.15, -0.1) is 0 Å². The standard InChI is InChI=1S/C18H24N4O/c1-4-12-22(13-5-2)18-19-11-10-16(21-18)17(23)20-15-8-6-14(3)7-9-15/h6-11H,4-5,12-13H2,1-3H3,(H,20,23). The Morgan fingerprint density at radius 3 is 2.35 bits per heavy atom. The number of aromatic nitrogens is 2. The third kappa shape index (κ3) is 4.77. The molecule has 1 N–H and O–H groups in total. The Morgan fingerprint density at radius 2 is 1.74 bits per heavy atom. The highest BCUT2D eigenvalue weighted by atomic mass is 16.1. The van der Waals surface area contributed by atoms with Gasteiger partial charge in [-0.25, -0.2) is 9.97 Å². The van der Waals surface area contributed by atoms with Crippen molar-refractivity contribution in [2.24, 2.45) is 0 Å². The Bertz CT molecular complexity index is 634. The normalized spacial score (nSPS) is 10.4. The molecule has 0 spiro atoms. The zero-order valence-electron chi connectivity index (χ0n) is 14.0. The van der Waals surface area contributed by atoms with Gasteiger partial charge in [0.15, 0.2) is 0 Å². The number of hydrogen-bond acceptors (Lipinski definition) is 4. The number of benzene rings is 1. The fraction of sp³-hybridized carbons (Fsp3) is 0.389. The van der Waals surface area contributed by atoms with Crippen molar-refractivity contribution in [2.75, 3.05) is 23.3 Å². The molecule has 5 heteroatoms. The Morgan fingerprint density at radius 1 is 1.09 bits per heavy atom. The summed E-state index contributed by atoms with van der Waals surface area (Å²) in [6, 6.07) is 9.34. The van der Waals surface area contributed by atoms with Crippen LogP contribution in [-0.4, -0.2) is 29.0 Å². The van der Waals surface area contributed by atoms with Crippen molar-refractivity contribution in [2.45, 2.75) is 33.6 Å². The van der Waals surface area contributed by atoms with Crippen LogP contribution in [0.5, 0.6) is 0 Å². The Labute approximate surface area is 137 Å². The fourth-order valence-corrected chi connectivity index (χ4v) is 2.31. The predicted molar refractivity (Wildman–Crippen MR) is 94.0 cm³/mol. The summed E-state index contributed by atoms with van der Waals surface area (Å²) in [6.07, 6.45) is 3.68. The minimum Gasteiger partial charge on any atom is -0.341 e. The van der Waals surface area contributed by atoms with Crippen molar-refractivity contribution in [3.63, 3.8) is 0 Å². The van der Waals surface area contributed by atoms with Crippen LogP contribution in [0.15, 0.2) is 36.5 Å². The molecule has 0 atom stereocenters. The van der Waals surface area contributed by atoms with Crippen molar-refractivity contribution in [3.05, 3.63) is 47.8 Å². The lowest BCUT2D eigenvalue weighted by molar-refractivity contribution is 0.102. The van der Waals surface area contributed by atoms with Crippen molar-refractivity contribution < 1.29 is 4.79 Å². The lowest BCUT2D eigenvalue weighted by atomic mass is 10.2. The molecular weight excluding hydrogens is 288 g/mol. The van der Waals surface area contributed by atoms with E-state index in [4.69, 9.17) is 0 Å². The molecule has 5 nitrogen and oxygen atoms in total. The quantitative estimate of drug-likeness (QED) is 0.847. The molecule has 23 heavy (non-hydrogen) atoms. The monoisotopic (exact) mass is 312 g/mol. The molecule has 0 fully saturated rings. The van der Waals surface area contributed by atoms with E-state index in [1.165, 1.54) is 0 Å². The summed E-state index contributed by atoms with van der Waals surface area (Å²) in [6.45, 7) is 8.03. The minimum atomic E-state index is -0.217. The van der Waals surface area contributed by atoms with Crippen molar-refractivity contribution in [1.82, 2.24) is 9.97 Å². The van der Waals surface area contributed by atoms with Gasteiger partial charge in [0.2, 0.25) is 5.95 Å². The fourth-order valence-electron chi connectivity index (χ4n) is 2.31. The van der Waals surface area contributed by atoms with E-state index in [9.17, 15) is 4.79 Å². The van der Waals surface area contributed by atoms with E-state index in [1.807, 2.05) is 31.2 Å². The maximum Gasteiger partial charge on any atom is 0.274 e. The topological polar surface area (TPSA) is 58.1 Å². The van der Waals surface area contributed by atoms with E-state index < -0.39 is 0 Å². The lowest BCUT2D eigenvalue weighted by Crippen LogP contribution is -2.27. The SMILES string of the molecule is CCCN(CCC)c1nccc(C(=O)Nc2ccc(C)cc2)n1. The van der Waals surface area contributed by atoms with Crippen LogP contribution >= 0.6 is 0 Å². The first-order valence-corrected chi connectivity index (χ1v) is 8.10. The van der Waals surface area contributed by atoms with Gasteiger partial charge in [0, 0.05) is 25.0 Å². The maximum atomic E-state index is 12.4. The van der Waals surface area contributed by atoms with Crippen LogP contribution in [0.1, 0.15) is 42.7 Å². The summed E-state index contributed by atoms with van der Waals surface area (Å²) in [5.74, 6) is 0.399. The molecule has 1 heterocycles. The summed E-state index contributed by atoms with van der Waals surface area (Å²) < 4.78 is 0. The van der Waals surface area contributed by atoms with Crippen LogP contribution in [0.25, 0.3) is 0 Å². The maximum absolute atomic E-state index is 12.4. The number of rotatable bonds is 7. The molecule has 0 aliphatic carbocycles. The number of hydrogen-bond donors (Lipinski definition) is 1. The molecular formula is C18H24N4O. The van der Waals surface area contributed by atoms with Crippen LogP contribution in [0, 0.1) is 6.92 Å². The Balaban J connectivity index is 2.14. The molecule has 0 radical (unpaired) electrons. The first-order chi connectivity index (χ1) is 11.1. The zero-order valence-corrected chi connectivity index (χ0v) is 14.0. The molecule has 2 aromatic rings. The smallest absolute Gasteiger partial charge is 0.274 e. The third-order valence-electron chi connectivity index (χ3n) is 3.45. The molecule has 0 aliphatic rings. The van der Waals surface area contributed by atoms with Gasteiger partial charge in [0.1, 0.15) is 5.69 Å². The van der Waals surface area contributed by atoms with Crippen LogP contribution < -0.4 is 10.2 Å². The summed E-state index contributed by atoms with van der Waals surface area (Å²) in [7, 11) is 0. The number of carbonyl (C=O) groups excluding carboxylic acids is 1. The van der Waals surface area contributed by atoms with E-state index in [1.54, 1.807) is 12.3 Å². The van der Waals surface area contributed by atoms with Gasteiger partial charge in [-0.1, -0.05) is 31.5 Å². The molecule has 122 valence electrons. The predicted octanol–water partition coefficient (Wildman–Crippen LogP) is 3.66. The largest absolute Gasteiger partial charge is 0.341 e. The molecule has 1 aromatic carbocycles. The molecule has 0 saturated carbocycles. The van der Waals surface area contributed by atoms with Crippen LogP contribution in [0.2, 0.25) is 0 Å². The molecule has 0 bridgehead atoms. The lowest BCUT2D eigenvalue weighted by Gasteiger charge is -2.21. The highest BCUT2D eigenvalue weighted by molar-refractivity contribution is 6.02. The Kier molecular flexibility index (Phi) is 6.09. The second kappa shape index (κ2) is 8.27. The van der Waals surface area contributed by atoms with E-state index in [-0.39, 0.29) is 5.91 Å². The van der Waals surface area contributed by atoms with Gasteiger partial charge >= 0.3 is 0 Å². The number of anilines is 2. The second-order valence-corrected chi connectivity index (χ2v) is 5.55. The van der Waals surface area contributed by atoms with Gasteiger partial charge in [-0.2, -0.15) is 0 Å². The van der Waals surface area contributed by atoms with Gasteiger partial charge in [0.25, 0.3) is 5.91 Å². The van der Waals surface area contributed by atoms with Gasteiger partial charge < -0.3 is 10.2 Å². The highest BCUT2D eigenvalue weighted by Gasteiger charge is 2.13. The molecule has 0 unspecified atom stereocenters.